The van der Waals surface area contributed by atoms with Crippen LogP contribution in [0.15, 0.2) is 36.5 Å². The number of aliphatic carboxylic acids is 1. The molecule has 0 radical (unpaired) electrons. The number of likely N-dealkylation sites (tertiary alicyclic amines) is 1. The van der Waals surface area contributed by atoms with Crippen LogP contribution in [0.4, 0.5) is 0 Å². The Labute approximate surface area is 134 Å². The van der Waals surface area contributed by atoms with Gasteiger partial charge in [-0.2, -0.15) is 0 Å². The van der Waals surface area contributed by atoms with Crippen LogP contribution in [-0.4, -0.2) is 39.5 Å². The van der Waals surface area contributed by atoms with Gasteiger partial charge in [0.1, 0.15) is 6.04 Å². The van der Waals surface area contributed by atoms with Gasteiger partial charge in [-0.3, -0.25) is 9.78 Å². The number of fused-ring (bicyclic) bond motifs is 1. The minimum Gasteiger partial charge on any atom is -0.480 e. The number of rotatable bonds is 4. The third-order valence-corrected chi connectivity index (χ3v) is 4.35. The van der Waals surface area contributed by atoms with Gasteiger partial charge in [0.25, 0.3) is 0 Å². The molecule has 23 heavy (non-hydrogen) atoms. The highest BCUT2D eigenvalue weighted by molar-refractivity contribution is 5.84. The highest BCUT2D eigenvalue weighted by atomic mass is 16.4. The van der Waals surface area contributed by atoms with Gasteiger partial charge in [-0.25, -0.2) is 4.79 Å². The summed E-state index contributed by atoms with van der Waals surface area (Å²) in [6.45, 7) is 0.525. The number of carboxylic acid groups (broad SMARTS) is 1. The Balaban J connectivity index is 1.85. The van der Waals surface area contributed by atoms with E-state index in [2.05, 4.69) is 4.98 Å². The molecule has 0 aliphatic carbocycles. The van der Waals surface area contributed by atoms with E-state index in [9.17, 15) is 14.7 Å². The molecule has 0 spiro atoms. The number of carbonyl (C=O) groups is 2. The molecule has 5 heteroatoms. The number of nitrogens with zero attached hydrogens (tertiary/aromatic N) is 2. The topological polar surface area (TPSA) is 70.5 Å². The number of hydrogen-bond acceptors (Lipinski definition) is 3. The zero-order valence-corrected chi connectivity index (χ0v) is 12.9. The number of pyridine rings is 1. The largest absolute Gasteiger partial charge is 0.480 e. The highest BCUT2D eigenvalue weighted by Crippen LogP contribution is 2.19. The van der Waals surface area contributed by atoms with Crippen LogP contribution in [0.25, 0.3) is 10.9 Å². The molecule has 5 nitrogen and oxygen atoms in total. The number of carboxylic acids is 1. The lowest BCUT2D eigenvalue weighted by Gasteiger charge is -2.27. The molecule has 0 bridgehead atoms. The molecule has 1 unspecified atom stereocenters. The fourth-order valence-electron chi connectivity index (χ4n) is 3.12. The van der Waals surface area contributed by atoms with Gasteiger partial charge in [0.05, 0.1) is 5.52 Å². The summed E-state index contributed by atoms with van der Waals surface area (Å²) in [4.78, 5) is 29.8. The Morgan fingerprint density at radius 1 is 1.26 bits per heavy atom. The summed E-state index contributed by atoms with van der Waals surface area (Å²) in [5.41, 5.74) is 1.72. The summed E-state index contributed by atoms with van der Waals surface area (Å²) in [5, 5.41) is 10.6. The van der Waals surface area contributed by atoms with Gasteiger partial charge in [-0.1, -0.05) is 24.6 Å². The van der Waals surface area contributed by atoms with E-state index in [4.69, 9.17) is 0 Å². The van der Waals surface area contributed by atoms with E-state index in [1.807, 2.05) is 30.3 Å². The van der Waals surface area contributed by atoms with Crippen molar-refractivity contribution >= 4 is 22.8 Å². The molecule has 0 saturated carbocycles. The normalized spacial score (nSPS) is 17.0. The number of aromatic nitrogens is 1. The first kappa shape index (κ1) is 15.5. The fraction of sp³-hybridized carbons (Fsp3) is 0.389. The minimum absolute atomic E-state index is 0.0522. The average molecular weight is 312 g/mol. The van der Waals surface area contributed by atoms with Crippen LogP contribution in [0, 0.1) is 0 Å². The van der Waals surface area contributed by atoms with E-state index in [0.29, 0.717) is 19.4 Å². The molecule has 1 fully saturated rings. The van der Waals surface area contributed by atoms with Crippen molar-refractivity contribution in [1.29, 1.82) is 0 Å². The average Bonchev–Trinajstić information content (AvgIpc) is 2.77. The maximum Gasteiger partial charge on any atom is 0.326 e. The molecule has 1 N–H and O–H groups in total. The van der Waals surface area contributed by atoms with E-state index in [1.54, 1.807) is 6.20 Å². The molecule has 2 heterocycles. The third kappa shape index (κ3) is 3.50. The highest BCUT2D eigenvalue weighted by Gasteiger charge is 2.30. The Hall–Kier alpha value is -2.43. The molecule has 1 amide bonds. The van der Waals surface area contributed by atoms with Crippen molar-refractivity contribution in [2.75, 3.05) is 6.54 Å². The second-order valence-electron chi connectivity index (χ2n) is 5.99. The molecule has 1 atom stereocenters. The number of benzene rings is 1. The summed E-state index contributed by atoms with van der Waals surface area (Å²) >= 11 is 0. The van der Waals surface area contributed by atoms with Crippen molar-refractivity contribution < 1.29 is 14.7 Å². The maximum atomic E-state index is 12.2. The molecule has 1 saturated heterocycles. The van der Waals surface area contributed by atoms with E-state index in [-0.39, 0.29) is 5.91 Å². The Morgan fingerprint density at radius 3 is 2.91 bits per heavy atom. The van der Waals surface area contributed by atoms with Crippen LogP contribution >= 0.6 is 0 Å². The van der Waals surface area contributed by atoms with E-state index < -0.39 is 12.0 Å². The van der Waals surface area contributed by atoms with Gasteiger partial charge in [0.2, 0.25) is 5.91 Å². The first-order valence-electron chi connectivity index (χ1n) is 8.01. The lowest BCUT2D eigenvalue weighted by atomic mass is 10.0. The molecule has 1 aliphatic heterocycles. The van der Waals surface area contributed by atoms with Gasteiger partial charge >= 0.3 is 5.97 Å². The van der Waals surface area contributed by atoms with Gasteiger partial charge in [0, 0.05) is 31.0 Å². The molecule has 2 aromatic rings. The van der Waals surface area contributed by atoms with Crippen LogP contribution in [0.3, 0.4) is 0 Å². The van der Waals surface area contributed by atoms with Crippen molar-refractivity contribution in [3.63, 3.8) is 0 Å². The van der Waals surface area contributed by atoms with Gasteiger partial charge in [0.15, 0.2) is 0 Å². The van der Waals surface area contributed by atoms with Gasteiger partial charge in [-0.05, 0) is 30.5 Å². The number of para-hydroxylation sites is 1. The quantitative estimate of drug-likeness (QED) is 0.942. The predicted octanol–water partition coefficient (Wildman–Crippen LogP) is 2.63. The third-order valence-electron chi connectivity index (χ3n) is 4.35. The zero-order chi connectivity index (χ0) is 16.2. The second-order valence-corrected chi connectivity index (χ2v) is 5.99. The van der Waals surface area contributed by atoms with Crippen LogP contribution in [0.5, 0.6) is 0 Å². The van der Waals surface area contributed by atoms with Crippen molar-refractivity contribution in [1.82, 2.24) is 9.88 Å². The number of carbonyl (C=O) groups excluding carboxylic acids is 1. The first-order valence-corrected chi connectivity index (χ1v) is 8.01. The van der Waals surface area contributed by atoms with Crippen LogP contribution in [-0.2, 0) is 16.0 Å². The SMILES string of the molecule is O=C(O)C(Cc1cnc2ccccc2c1)N1CCCCCC1=O. The van der Waals surface area contributed by atoms with Crippen molar-refractivity contribution in [3.8, 4) is 0 Å². The van der Waals surface area contributed by atoms with E-state index >= 15 is 0 Å². The molecular weight excluding hydrogens is 292 g/mol. The van der Waals surface area contributed by atoms with E-state index in [0.717, 1.165) is 35.7 Å². The summed E-state index contributed by atoms with van der Waals surface area (Å²) in [5.74, 6) is -1.00. The van der Waals surface area contributed by atoms with Gasteiger partial charge < -0.3 is 10.0 Å². The van der Waals surface area contributed by atoms with Crippen LogP contribution in [0.1, 0.15) is 31.2 Å². The lowest BCUT2D eigenvalue weighted by Crippen LogP contribution is -2.46. The van der Waals surface area contributed by atoms with Crippen molar-refractivity contribution in [2.24, 2.45) is 0 Å². The summed E-state index contributed by atoms with van der Waals surface area (Å²) in [7, 11) is 0. The Bertz CT molecular complexity index is 729. The summed E-state index contributed by atoms with van der Waals surface area (Å²) in [6.07, 6.45) is 5.13. The summed E-state index contributed by atoms with van der Waals surface area (Å²) in [6, 6.07) is 8.88. The molecule has 1 aliphatic rings. The number of amides is 1. The minimum atomic E-state index is -0.951. The van der Waals surface area contributed by atoms with Crippen LogP contribution < -0.4 is 0 Å². The lowest BCUT2D eigenvalue weighted by molar-refractivity contribution is -0.150. The maximum absolute atomic E-state index is 12.2. The monoisotopic (exact) mass is 312 g/mol. The Morgan fingerprint density at radius 2 is 2.09 bits per heavy atom. The second kappa shape index (κ2) is 6.77. The zero-order valence-electron chi connectivity index (χ0n) is 12.9. The van der Waals surface area contributed by atoms with Gasteiger partial charge in [-0.15, -0.1) is 0 Å². The summed E-state index contributed by atoms with van der Waals surface area (Å²) < 4.78 is 0. The molecule has 3 rings (SSSR count). The molecule has 1 aromatic carbocycles. The number of hydrogen-bond donors (Lipinski definition) is 1. The predicted molar refractivity (Wildman–Crippen MR) is 87.1 cm³/mol. The molecule has 120 valence electrons. The standard InChI is InChI=1S/C18H20N2O3/c21-17-8-2-1-5-9-20(17)16(18(22)23)11-13-10-14-6-3-4-7-15(14)19-12-13/h3-4,6-7,10,12,16H,1-2,5,8-9,11H2,(H,22,23). The molecule has 1 aromatic heterocycles. The van der Waals surface area contributed by atoms with Crippen LogP contribution in [0.2, 0.25) is 0 Å². The first-order chi connectivity index (χ1) is 11.1. The molecular formula is C18H20N2O3. The Kier molecular flexibility index (Phi) is 4.55. The van der Waals surface area contributed by atoms with Crippen molar-refractivity contribution in [2.45, 2.75) is 38.1 Å². The fourth-order valence-corrected chi connectivity index (χ4v) is 3.12. The smallest absolute Gasteiger partial charge is 0.326 e. The van der Waals surface area contributed by atoms with Crippen molar-refractivity contribution in [3.05, 3.63) is 42.1 Å². The van der Waals surface area contributed by atoms with E-state index in [1.165, 1.54) is 4.90 Å².